The van der Waals surface area contributed by atoms with E-state index in [2.05, 4.69) is 23.8 Å². The number of amides is 2. The second kappa shape index (κ2) is 10.9. The number of carbonyl (C=O) groups excluding carboxylic acids is 2. The van der Waals surface area contributed by atoms with Crippen LogP contribution in [0.1, 0.15) is 31.8 Å². The van der Waals surface area contributed by atoms with Crippen molar-refractivity contribution in [3.05, 3.63) is 132 Å². The highest BCUT2D eigenvalue weighted by molar-refractivity contribution is 7.91. The molecule has 0 atom stereocenters. The molecule has 0 heterocycles. The summed E-state index contributed by atoms with van der Waals surface area (Å²) in [7, 11) is -3.79. The lowest BCUT2D eigenvalue weighted by molar-refractivity contribution is 0.101. The van der Waals surface area contributed by atoms with Crippen LogP contribution < -0.4 is 10.6 Å². The van der Waals surface area contributed by atoms with E-state index in [0.29, 0.717) is 22.5 Å². The fourth-order valence-corrected chi connectivity index (χ4v) is 4.78. The number of rotatable bonds is 8. The molecule has 6 nitrogen and oxygen atoms in total. The van der Waals surface area contributed by atoms with E-state index in [9.17, 15) is 18.0 Å². The fourth-order valence-electron chi connectivity index (χ4n) is 3.52. The molecule has 0 saturated carbocycles. The van der Waals surface area contributed by atoms with E-state index in [1.807, 2.05) is 0 Å². The first kappa shape index (κ1) is 25.3. The molecule has 4 aromatic rings. The van der Waals surface area contributed by atoms with E-state index in [-0.39, 0.29) is 21.6 Å². The van der Waals surface area contributed by atoms with Crippen molar-refractivity contribution in [2.75, 3.05) is 10.6 Å². The average molecular weight is 509 g/mol. The van der Waals surface area contributed by atoms with Crippen LogP contribution >= 0.6 is 0 Å². The minimum absolute atomic E-state index is 0.0833. The van der Waals surface area contributed by atoms with Crippen LogP contribution in [-0.2, 0) is 9.84 Å². The third-order valence-corrected chi connectivity index (χ3v) is 7.45. The molecular weight excluding hydrogens is 484 g/mol. The summed E-state index contributed by atoms with van der Waals surface area (Å²) in [5.41, 5.74) is 3.69. The number of benzene rings is 4. The van der Waals surface area contributed by atoms with Gasteiger partial charge in [0, 0.05) is 22.5 Å². The third-order valence-electron chi connectivity index (χ3n) is 5.66. The van der Waals surface area contributed by atoms with Gasteiger partial charge in [0.1, 0.15) is 0 Å². The first-order valence-electron chi connectivity index (χ1n) is 11.3. The fraction of sp³-hybridized carbons (Fsp3) is 0. The van der Waals surface area contributed by atoms with Gasteiger partial charge in [-0.2, -0.15) is 0 Å². The lowest BCUT2D eigenvalue weighted by atomic mass is 10.1. The van der Waals surface area contributed by atoms with Crippen molar-refractivity contribution in [3.8, 4) is 0 Å². The molecule has 4 rings (SSSR count). The summed E-state index contributed by atoms with van der Waals surface area (Å²) in [4.78, 5) is 25.1. The molecular formula is C30H24N2O4S. The minimum atomic E-state index is -3.79. The van der Waals surface area contributed by atoms with Crippen molar-refractivity contribution >= 4 is 45.2 Å². The Morgan fingerprint density at radius 3 is 1.16 bits per heavy atom. The molecule has 7 heteroatoms. The predicted octanol–water partition coefficient (Wildman–Crippen LogP) is 6.31. The molecule has 0 unspecified atom stereocenters. The topological polar surface area (TPSA) is 92.3 Å². The van der Waals surface area contributed by atoms with Gasteiger partial charge in [-0.25, -0.2) is 8.42 Å². The Morgan fingerprint density at radius 2 is 0.865 bits per heavy atom. The van der Waals surface area contributed by atoms with Crippen LogP contribution in [0.2, 0.25) is 0 Å². The van der Waals surface area contributed by atoms with E-state index in [0.717, 1.165) is 11.1 Å². The van der Waals surface area contributed by atoms with Gasteiger partial charge >= 0.3 is 0 Å². The summed E-state index contributed by atoms with van der Waals surface area (Å²) in [6.45, 7) is 7.37. The molecule has 2 amide bonds. The second-order valence-electron chi connectivity index (χ2n) is 8.11. The lowest BCUT2D eigenvalue weighted by Crippen LogP contribution is -2.12. The zero-order valence-electron chi connectivity index (χ0n) is 19.8. The highest BCUT2D eigenvalue weighted by atomic mass is 32.2. The van der Waals surface area contributed by atoms with Gasteiger partial charge in [-0.3, -0.25) is 9.59 Å². The van der Waals surface area contributed by atoms with Crippen LogP contribution in [0.25, 0.3) is 12.2 Å². The Kier molecular flexibility index (Phi) is 7.46. The number of nitrogens with one attached hydrogen (secondary N) is 2. The molecule has 0 fully saturated rings. The molecule has 0 radical (unpaired) electrons. The largest absolute Gasteiger partial charge is 0.322 e. The summed E-state index contributed by atoms with van der Waals surface area (Å²) in [6.07, 6.45) is 3.38. The number of sulfone groups is 1. The lowest BCUT2D eigenvalue weighted by Gasteiger charge is -2.09. The van der Waals surface area contributed by atoms with Crippen molar-refractivity contribution in [1.82, 2.24) is 0 Å². The summed E-state index contributed by atoms with van der Waals surface area (Å²) >= 11 is 0. The molecule has 0 aliphatic carbocycles. The van der Waals surface area contributed by atoms with Crippen LogP contribution in [0.3, 0.4) is 0 Å². The van der Waals surface area contributed by atoms with Crippen LogP contribution in [0.5, 0.6) is 0 Å². The summed E-state index contributed by atoms with van der Waals surface area (Å²) in [5, 5.41) is 5.51. The molecule has 0 aliphatic heterocycles. The summed E-state index contributed by atoms with van der Waals surface area (Å²) < 4.78 is 26.1. The Hall–Kier alpha value is -4.75. The maximum absolute atomic E-state index is 13.1. The first-order chi connectivity index (χ1) is 17.8. The molecule has 4 aromatic carbocycles. The average Bonchev–Trinajstić information content (AvgIpc) is 2.93. The Morgan fingerprint density at radius 1 is 0.541 bits per heavy atom. The Balaban J connectivity index is 1.42. The van der Waals surface area contributed by atoms with Crippen LogP contribution in [0.4, 0.5) is 11.4 Å². The number of carbonyl (C=O) groups is 2. The van der Waals surface area contributed by atoms with Crippen LogP contribution in [0, 0.1) is 0 Å². The Labute approximate surface area is 215 Å². The van der Waals surface area contributed by atoms with Crippen molar-refractivity contribution in [2.24, 2.45) is 0 Å². The van der Waals surface area contributed by atoms with Gasteiger partial charge in [-0.15, -0.1) is 0 Å². The van der Waals surface area contributed by atoms with Gasteiger partial charge in [-0.05, 0) is 83.9 Å². The van der Waals surface area contributed by atoms with Crippen LogP contribution in [-0.4, -0.2) is 20.2 Å². The third kappa shape index (κ3) is 5.91. The van der Waals surface area contributed by atoms with E-state index < -0.39 is 9.84 Å². The number of anilines is 2. The van der Waals surface area contributed by atoms with Gasteiger partial charge in [0.05, 0.1) is 9.79 Å². The van der Waals surface area contributed by atoms with Gasteiger partial charge in [0.25, 0.3) is 11.8 Å². The quantitative estimate of drug-likeness (QED) is 0.292. The Bertz CT molecular complexity index is 1440. The van der Waals surface area contributed by atoms with Crippen LogP contribution in [0.15, 0.2) is 120 Å². The van der Waals surface area contributed by atoms with Gasteiger partial charge in [0.15, 0.2) is 0 Å². The summed E-state index contributed by atoms with van der Waals surface area (Å²) in [5.74, 6) is -0.610. The van der Waals surface area contributed by atoms with Crippen molar-refractivity contribution < 1.29 is 18.0 Å². The molecule has 0 aliphatic rings. The van der Waals surface area contributed by atoms with Gasteiger partial charge in [-0.1, -0.05) is 49.6 Å². The predicted molar refractivity (Wildman–Crippen MR) is 147 cm³/mol. The SMILES string of the molecule is C=Cc1ccc(C(=O)Nc2ccc(S(=O)(=O)c3ccc(NC(=O)c4ccc(C=C)cc4)cc3)cc2)cc1. The second-order valence-corrected chi connectivity index (χ2v) is 10.1. The summed E-state index contributed by atoms with van der Waals surface area (Å²) in [6, 6.07) is 25.8. The van der Waals surface area contributed by atoms with E-state index in [1.165, 1.54) is 48.5 Å². The molecule has 184 valence electrons. The van der Waals surface area contributed by atoms with Gasteiger partial charge < -0.3 is 10.6 Å². The van der Waals surface area contributed by atoms with Crippen molar-refractivity contribution in [3.63, 3.8) is 0 Å². The monoisotopic (exact) mass is 508 g/mol. The molecule has 0 spiro atoms. The molecule has 0 bridgehead atoms. The normalized spacial score (nSPS) is 10.8. The highest BCUT2D eigenvalue weighted by Gasteiger charge is 2.18. The number of hydrogen-bond acceptors (Lipinski definition) is 4. The maximum Gasteiger partial charge on any atom is 0.255 e. The molecule has 37 heavy (non-hydrogen) atoms. The van der Waals surface area contributed by atoms with Gasteiger partial charge in [0.2, 0.25) is 9.84 Å². The maximum atomic E-state index is 13.1. The minimum Gasteiger partial charge on any atom is -0.322 e. The smallest absolute Gasteiger partial charge is 0.255 e. The highest BCUT2D eigenvalue weighted by Crippen LogP contribution is 2.24. The standard InChI is InChI=1S/C30H24N2O4S/c1-3-21-5-9-23(10-6-21)29(33)31-25-13-17-27(18-14-25)37(35,36)28-19-15-26(16-20-28)32-30(34)24-11-7-22(4-2)8-12-24/h3-20H,1-2H2,(H,31,33)(H,32,34). The molecule has 0 saturated heterocycles. The van der Waals surface area contributed by atoms with E-state index in [1.54, 1.807) is 60.7 Å². The van der Waals surface area contributed by atoms with E-state index in [4.69, 9.17) is 0 Å². The van der Waals surface area contributed by atoms with Crippen molar-refractivity contribution in [1.29, 1.82) is 0 Å². The zero-order chi connectivity index (χ0) is 26.4. The number of hydrogen-bond donors (Lipinski definition) is 2. The van der Waals surface area contributed by atoms with E-state index >= 15 is 0 Å². The van der Waals surface area contributed by atoms with Crippen molar-refractivity contribution in [2.45, 2.75) is 9.79 Å². The molecule has 0 aromatic heterocycles. The zero-order valence-corrected chi connectivity index (χ0v) is 20.7. The first-order valence-corrected chi connectivity index (χ1v) is 12.8. The molecule has 2 N–H and O–H groups in total.